The molecule has 0 atom stereocenters. The highest BCUT2D eigenvalue weighted by Gasteiger charge is 2.28. The van der Waals surface area contributed by atoms with Crippen LogP contribution in [0.2, 0.25) is 0 Å². The molecule has 0 saturated carbocycles. The first-order valence-corrected chi connectivity index (χ1v) is 20.4. The summed E-state index contributed by atoms with van der Waals surface area (Å²) in [6, 6.07) is -1.63. The third-order valence-electron chi connectivity index (χ3n) is 14.0. The Hall–Kier alpha value is -5.92. The van der Waals surface area contributed by atoms with E-state index in [0.29, 0.717) is 93.2 Å². The molecule has 10 aromatic rings. The normalized spacial score (nSPS) is 15.1. The summed E-state index contributed by atoms with van der Waals surface area (Å²) in [4.78, 5) is 0. The van der Waals surface area contributed by atoms with E-state index in [-0.39, 0.29) is 111 Å². The summed E-state index contributed by atoms with van der Waals surface area (Å²) >= 11 is 0. The van der Waals surface area contributed by atoms with Crippen molar-refractivity contribution in [2.45, 2.75) is 96.9 Å². The van der Waals surface area contributed by atoms with E-state index in [2.05, 4.69) is 0 Å². The minimum Gasteiger partial charge on any atom is -0.456 e. The van der Waals surface area contributed by atoms with Gasteiger partial charge in [0, 0.05) is 10.8 Å². The summed E-state index contributed by atoms with van der Waals surface area (Å²) < 4.78 is 124. The molecule has 0 amide bonds. The number of rotatable bonds is 2. The lowest BCUT2D eigenvalue weighted by Gasteiger charge is -2.25. The van der Waals surface area contributed by atoms with Crippen LogP contribution in [0.25, 0.3) is 98.1 Å². The van der Waals surface area contributed by atoms with Crippen LogP contribution in [0.15, 0.2) is 76.9 Å². The largest absolute Gasteiger partial charge is 0.456 e. The van der Waals surface area contributed by atoms with Gasteiger partial charge in [-0.15, -0.1) is 0 Å². The van der Waals surface area contributed by atoms with Crippen molar-refractivity contribution in [3.8, 4) is 22.3 Å². The van der Waals surface area contributed by atoms with Gasteiger partial charge in [-0.2, -0.15) is 0 Å². The summed E-state index contributed by atoms with van der Waals surface area (Å²) in [5, 5.41) is 4.31. The molecule has 1 nitrogen and oxygen atoms in total. The monoisotopic (exact) mass is 778 g/mol. The molecule has 59 heavy (non-hydrogen) atoms. The minimum atomic E-state index is -0.389. The molecule has 0 spiro atoms. The number of hydrogen-bond acceptors (Lipinski definition) is 1. The molecule has 0 fully saturated rings. The fraction of sp³-hybridized carbons (Fsp3) is 0.241. The summed E-state index contributed by atoms with van der Waals surface area (Å²) in [6.45, 7) is 26.4. The first-order chi connectivity index (χ1) is 33.2. The van der Waals surface area contributed by atoms with Gasteiger partial charge < -0.3 is 4.42 Å². The van der Waals surface area contributed by atoms with Crippen LogP contribution in [0.3, 0.4) is 0 Å². The van der Waals surface area contributed by atoms with Gasteiger partial charge in [0.2, 0.25) is 0 Å². The molecule has 0 N–H and O–H groups in total. The maximum atomic E-state index is 10.4. The second-order valence-electron chi connectivity index (χ2n) is 17.0. The fourth-order valence-electron chi connectivity index (χ4n) is 9.74. The molecule has 0 aliphatic heterocycles. The highest BCUT2D eigenvalue weighted by atomic mass is 16.3. The Kier molecular flexibility index (Phi) is 5.69. The lowest BCUT2D eigenvalue weighted by atomic mass is 9.78. The smallest absolute Gasteiger partial charge is 0.139 e. The Morgan fingerprint density at radius 3 is 1.59 bits per heavy atom. The van der Waals surface area contributed by atoms with Gasteiger partial charge in [0.1, 0.15) is 11.2 Å². The van der Waals surface area contributed by atoms with Crippen LogP contribution < -0.4 is 0 Å². The molecule has 1 aromatic heterocycles. The zero-order valence-electron chi connectivity index (χ0n) is 48.4. The Morgan fingerprint density at radius 1 is 0.339 bits per heavy atom. The van der Waals surface area contributed by atoms with Crippen molar-refractivity contribution in [1.29, 1.82) is 0 Å². The topological polar surface area (TPSA) is 13.1 Å². The molecule has 0 unspecified atom stereocenters. The molecule has 0 saturated heterocycles. The van der Waals surface area contributed by atoms with Crippen LogP contribution in [0.4, 0.5) is 0 Å². The number of benzene rings is 9. The third-order valence-corrected chi connectivity index (χ3v) is 14.0. The summed E-state index contributed by atoms with van der Waals surface area (Å²) in [5.74, 6) is 0. The van der Waals surface area contributed by atoms with Crippen molar-refractivity contribution >= 4 is 75.8 Å². The number of aryl methyl sites for hydroxylation is 6. The summed E-state index contributed by atoms with van der Waals surface area (Å²) in [7, 11) is 0. The van der Waals surface area contributed by atoms with Crippen LogP contribution in [-0.4, -0.2) is 0 Å². The molecular weight excluding hydrogens is 713 g/mol. The maximum absolute atomic E-state index is 10.4. The molecular formula is C58H54O. The van der Waals surface area contributed by atoms with Crippen LogP contribution in [0.1, 0.15) is 94.3 Å². The highest BCUT2D eigenvalue weighted by Crippen LogP contribution is 2.53. The standard InChI is InChI=1S/C58H54O/c1-27-17-15-19-41-24-49(53-38(12)32(6)31(5)23-48(53)51(27)41)55-42-20-16-18-28(2)52(42)56(46-22-30(4)29(3)21-45(46)55)54-39(13)35(9)40(14)58-57(54)47-25-43-36(10)33(7)34(8)37(11)44(43)26-50(47)59-58/h15-26H,1-14H3/i15D,16D,17D,18D,19D,20D,21D,22D,23D,24D,25D,26D. The van der Waals surface area contributed by atoms with E-state index < -0.39 is 0 Å². The average Bonchev–Trinajstić information content (AvgIpc) is 3.75. The van der Waals surface area contributed by atoms with Crippen LogP contribution in [0, 0.1) is 96.9 Å². The van der Waals surface area contributed by atoms with Crippen LogP contribution >= 0.6 is 0 Å². The van der Waals surface area contributed by atoms with Gasteiger partial charge in [-0.1, -0.05) is 54.4 Å². The summed E-state index contributed by atoms with van der Waals surface area (Å²) in [5.41, 5.74) is 11.9. The SMILES string of the molecule is [2H]c1c([2H])c(C)c2c(-c3c(C)c(C)c(C)c4oc5c([2H])c6c(C)c(C)c(C)c(C)c6c([2H])c5c34)c3c([2H])c(C)c(C)c([2H])c3c(-c3c([2H])c4c([2H])c([2H])c([2H])c(C)c4c4c([2H])c(C)c(C)c(C)c34)c2c1[2H]. The maximum Gasteiger partial charge on any atom is 0.139 e. The van der Waals surface area contributed by atoms with Crippen molar-refractivity contribution in [3.63, 3.8) is 0 Å². The number of fused-ring (bicyclic) bond motifs is 9. The predicted octanol–water partition coefficient (Wildman–Crippen LogP) is 17.0. The second-order valence-corrected chi connectivity index (χ2v) is 17.0. The molecule has 292 valence electrons. The van der Waals surface area contributed by atoms with Gasteiger partial charge in [0.25, 0.3) is 0 Å². The lowest BCUT2D eigenvalue weighted by Crippen LogP contribution is -2.00. The molecule has 0 aliphatic rings. The second kappa shape index (κ2) is 12.8. The van der Waals surface area contributed by atoms with E-state index in [4.69, 9.17) is 7.16 Å². The van der Waals surface area contributed by atoms with Gasteiger partial charge in [0.15, 0.2) is 0 Å². The molecule has 9 aromatic carbocycles. The zero-order chi connectivity index (χ0) is 52.1. The van der Waals surface area contributed by atoms with Crippen LogP contribution in [0.5, 0.6) is 0 Å². The Labute approximate surface area is 365 Å². The lowest BCUT2D eigenvalue weighted by molar-refractivity contribution is 0.665. The molecule has 0 aliphatic carbocycles. The Bertz CT molecular complexity index is 4190. The van der Waals surface area contributed by atoms with Gasteiger partial charge in [-0.3, -0.25) is 0 Å². The molecule has 1 heteroatoms. The predicted molar refractivity (Wildman–Crippen MR) is 258 cm³/mol. The van der Waals surface area contributed by atoms with Crippen molar-refractivity contribution in [2.24, 2.45) is 0 Å². The van der Waals surface area contributed by atoms with Gasteiger partial charge in [-0.25, -0.2) is 0 Å². The van der Waals surface area contributed by atoms with Crippen LogP contribution in [-0.2, 0) is 0 Å². The van der Waals surface area contributed by atoms with E-state index in [1.807, 2.05) is 69.2 Å². The fourth-order valence-corrected chi connectivity index (χ4v) is 9.74. The molecule has 10 rings (SSSR count). The van der Waals surface area contributed by atoms with E-state index in [1.165, 1.54) is 0 Å². The van der Waals surface area contributed by atoms with Gasteiger partial charge in [0.05, 0.1) is 16.4 Å². The highest BCUT2D eigenvalue weighted by molar-refractivity contribution is 6.30. The quantitative estimate of drug-likeness (QED) is 0.126. The molecule has 0 bridgehead atoms. The Morgan fingerprint density at radius 2 is 0.915 bits per heavy atom. The number of furan rings is 1. The van der Waals surface area contributed by atoms with Crippen molar-refractivity contribution in [3.05, 3.63) is 150 Å². The van der Waals surface area contributed by atoms with Gasteiger partial charge in [-0.05, 0) is 269 Å². The average molecular weight is 779 g/mol. The zero-order valence-corrected chi connectivity index (χ0v) is 36.4. The van der Waals surface area contributed by atoms with Gasteiger partial charge >= 0.3 is 0 Å². The number of hydrogen-bond donors (Lipinski definition) is 0. The Balaban J connectivity index is 1.62. The third kappa shape index (κ3) is 4.97. The van der Waals surface area contributed by atoms with Crippen molar-refractivity contribution < 1.29 is 20.9 Å². The van der Waals surface area contributed by atoms with E-state index in [0.717, 1.165) is 44.5 Å². The van der Waals surface area contributed by atoms with E-state index in [1.54, 1.807) is 27.7 Å². The molecule has 0 radical (unpaired) electrons. The van der Waals surface area contributed by atoms with Crippen molar-refractivity contribution in [2.75, 3.05) is 0 Å². The first kappa shape index (κ1) is 26.2. The van der Waals surface area contributed by atoms with E-state index in [9.17, 15) is 13.7 Å². The van der Waals surface area contributed by atoms with Crippen molar-refractivity contribution in [1.82, 2.24) is 0 Å². The first-order valence-electron chi connectivity index (χ1n) is 26.4. The molecule has 1 heterocycles. The minimum absolute atomic E-state index is 0.00252. The van der Waals surface area contributed by atoms with E-state index >= 15 is 0 Å². The summed E-state index contributed by atoms with van der Waals surface area (Å²) in [6.07, 6.45) is 0.